The molecule has 0 fully saturated rings. The van der Waals surface area contributed by atoms with E-state index in [-0.39, 0.29) is 11.8 Å². The fourth-order valence-corrected chi connectivity index (χ4v) is 1.99. The maximum Gasteiger partial charge on any atom is 0.261 e. The molecule has 2 amide bonds. The van der Waals surface area contributed by atoms with E-state index in [0.29, 0.717) is 17.7 Å². The SMILES string of the molecule is CC.CCc1cccc2c1C(=O)N(CC)C2=O. The first-order chi connectivity index (χ1) is 8.20. The van der Waals surface area contributed by atoms with Gasteiger partial charge in [-0.05, 0) is 25.0 Å². The van der Waals surface area contributed by atoms with Gasteiger partial charge in [0.05, 0.1) is 11.1 Å². The minimum absolute atomic E-state index is 0.144. The molecule has 1 aliphatic rings. The van der Waals surface area contributed by atoms with Crippen molar-refractivity contribution >= 4 is 11.8 Å². The monoisotopic (exact) mass is 233 g/mol. The summed E-state index contributed by atoms with van der Waals surface area (Å²) in [6.07, 6.45) is 0.778. The molecule has 1 aromatic carbocycles. The third-order valence-electron chi connectivity index (χ3n) is 2.78. The van der Waals surface area contributed by atoms with E-state index in [2.05, 4.69) is 0 Å². The van der Waals surface area contributed by atoms with Gasteiger partial charge in [-0.3, -0.25) is 14.5 Å². The normalized spacial score (nSPS) is 13.3. The molecule has 0 atom stereocenters. The predicted molar refractivity (Wildman–Crippen MR) is 68.2 cm³/mol. The summed E-state index contributed by atoms with van der Waals surface area (Å²) in [4.78, 5) is 25.0. The van der Waals surface area contributed by atoms with Crippen LogP contribution in [0.4, 0.5) is 0 Å². The lowest BCUT2D eigenvalue weighted by Gasteiger charge is -2.09. The lowest BCUT2D eigenvalue weighted by Crippen LogP contribution is -2.29. The second-order valence-electron chi connectivity index (χ2n) is 3.55. The van der Waals surface area contributed by atoms with Gasteiger partial charge in [-0.15, -0.1) is 0 Å². The molecule has 0 unspecified atom stereocenters. The van der Waals surface area contributed by atoms with Crippen molar-refractivity contribution in [2.45, 2.75) is 34.1 Å². The molecule has 0 aromatic heterocycles. The van der Waals surface area contributed by atoms with E-state index in [9.17, 15) is 9.59 Å². The predicted octanol–water partition coefficient (Wildman–Crippen LogP) is 2.89. The van der Waals surface area contributed by atoms with Crippen molar-refractivity contribution in [3.05, 3.63) is 34.9 Å². The maximum atomic E-state index is 11.9. The Bertz CT molecular complexity index is 438. The first-order valence-corrected chi connectivity index (χ1v) is 6.18. The van der Waals surface area contributed by atoms with Gasteiger partial charge in [0.1, 0.15) is 0 Å². The van der Waals surface area contributed by atoms with E-state index in [4.69, 9.17) is 0 Å². The van der Waals surface area contributed by atoms with Crippen LogP contribution in [0.1, 0.15) is 54.0 Å². The summed E-state index contributed by atoms with van der Waals surface area (Å²) in [5, 5.41) is 0. The Morgan fingerprint density at radius 3 is 2.24 bits per heavy atom. The van der Waals surface area contributed by atoms with Gasteiger partial charge >= 0.3 is 0 Å². The number of imide groups is 1. The zero-order valence-corrected chi connectivity index (χ0v) is 10.9. The van der Waals surface area contributed by atoms with Crippen molar-refractivity contribution in [2.75, 3.05) is 6.54 Å². The summed E-state index contributed by atoms with van der Waals surface area (Å²) in [5.74, 6) is -0.303. The molecule has 0 radical (unpaired) electrons. The fraction of sp³-hybridized carbons (Fsp3) is 0.429. The summed E-state index contributed by atoms with van der Waals surface area (Å²) in [6, 6.07) is 5.47. The third kappa shape index (κ3) is 2.09. The third-order valence-corrected chi connectivity index (χ3v) is 2.78. The number of nitrogens with zero attached hydrogens (tertiary/aromatic N) is 1. The maximum absolute atomic E-state index is 11.9. The highest BCUT2D eigenvalue weighted by atomic mass is 16.2. The van der Waals surface area contributed by atoms with Crippen molar-refractivity contribution in [1.29, 1.82) is 0 Å². The summed E-state index contributed by atoms with van der Waals surface area (Å²) in [6.45, 7) is 8.24. The van der Waals surface area contributed by atoms with E-state index in [1.54, 1.807) is 6.07 Å². The van der Waals surface area contributed by atoms with Crippen molar-refractivity contribution in [3.63, 3.8) is 0 Å². The minimum atomic E-state index is -0.159. The number of hydrogen-bond donors (Lipinski definition) is 0. The summed E-state index contributed by atoms with van der Waals surface area (Å²) in [5.41, 5.74) is 2.12. The minimum Gasteiger partial charge on any atom is -0.275 e. The zero-order valence-electron chi connectivity index (χ0n) is 10.9. The van der Waals surface area contributed by atoms with Crippen LogP contribution < -0.4 is 0 Å². The largest absolute Gasteiger partial charge is 0.275 e. The fourth-order valence-electron chi connectivity index (χ4n) is 1.99. The number of carbonyl (C=O) groups is 2. The average molecular weight is 233 g/mol. The Kier molecular flexibility index (Phi) is 4.44. The van der Waals surface area contributed by atoms with Crippen LogP contribution in [0.3, 0.4) is 0 Å². The molecule has 0 saturated carbocycles. The van der Waals surface area contributed by atoms with Gasteiger partial charge in [0.25, 0.3) is 11.8 Å². The summed E-state index contributed by atoms with van der Waals surface area (Å²) in [7, 11) is 0. The van der Waals surface area contributed by atoms with Gasteiger partial charge < -0.3 is 0 Å². The van der Waals surface area contributed by atoms with Crippen molar-refractivity contribution < 1.29 is 9.59 Å². The number of amides is 2. The Labute approximate surface area is 102 Å². The molecule has 0 aliphatic carbocycles. The van der Waals surface area contributed by atoms with Crippen LogP contribution in [0.25, 0.3) is 0 Å². The van der Waals surface area contributed by atoms with Crippen LogP contribution in [0, 0.1) is 0 Å². The number of aryl methyl sites for hydroxylation is 1. The average Bonchev–Trinajstić information content (AvgIpc) is 2.64. The van der Waals surface area contributed by atoms with Gasteiger partial charge in [0.15, 0.2) is 0 Å². The summed E-state index contributed by atoms with van der Waals surface area (Å²) >= 11 is 0. The lowest BCUT2D eigenvalue weighted by atomic mass is 10.0. The molecule has 17 heavy (non-hydrogen) atoms. The Morgan fingerprint density at radius 1 is 1.06 bits per heavy atom. The second-order valence-corrected chi connectivity index (χ2v) is 3.55. The smallest absolute Gasteiger partial charge is 0.261 e. The van der Waals surface area contributed by atoms with Crippen LogP contribution in [0.5, 0.6) is 0 Å². The molecule has 0 N–H and O–H groups in total. The number of fused-ring (bicyclic) bond motifs is 1. The van der Waals surface area contributed by atoms with Crippen molar-refractivity contribution in [2.24, 2.45) is 0 Å². The molecule has 1 aromatic rings. The van der Waals surface area contributed by atoms with Crippen LogP contribution >= 0.6 is 0 Å². The quantitative estimate of drug-likeness (QED) is 0.736. The molecular formula is C14H19NO2. The van der Waals surface area contributed by atoms with E-state index >= 15 is 0 Å². The van der Waals surface area contributed by atoms with Crippen LogP contribution in [0.15, 0.2) is 18.2 Å². The van der Waals surface area contributed by atoms with Crippen LogP contribution in [0.2, 0.25) is 0 Å². The topological polar surface area (TPSA) is 37.4 Å². The number of carbonyl (C=O) groups excluding carboxylic acids is 2. The Balaban J connectivity index is 0.000000686. The molecule has 2 rings (SSSR count). The molecule has 1 aliphatic heterocycles. The molecule has 92 valence electrons. The summed E-state index contributed by atoms with van der Waals surface area (Å²) < 4.78 is 0. The zero-order chi connectivity index (χ0) is 13.0. The number of benzene rings is 1. The van der Waals surface area contributed by atoms with E-state index in [1.165, 1.54) is 4.90 Å². The Morgan fingerprint density at radius 2 is 1.71 bits per heavy atom. The van der Waals surface area contributed by atoms with Gasteiger partial charge in [-0.1, -0.05) is 32.9 Å². The molecular weight excluding hydrogens is 214 g/mol. The molecule has 3 nitrogen and oxygen atoms in total. The highest BCUT2D eigenvalue weighted by Crippen LogP contribution is 2.25. The van der Waals surface area contributed by atoms with Gasteiger partial charge in [-0.25, -0.2) is 0 Å². The van der Waals surface area contributed by atoms with Crippen molar-refractivity contribution in [3.8, 4) is 0 Å². The van der Waals surface area contributed by atoms with Crippen LogP contribution in [-0.4, -0.2) is 23.3 Å². The molecule has 1 heterocycles. The molecule has 0 saturated heterocycles. The number of rotatable bonds is 2. The molecule has 0 bridgehead atoms. The highest BCUT2D eigenvalue weighted by Gasteiger charge is 2.35. The molecule has 3 heteroatoms. The van der Waals surface area contributed by atoms with Crippen molar-refractivity contribution in [1.82, 2.24) is 4.90 Å². The van der Waals surface area contributed by atoms with E-state index in [0.717, 1.165) is 12.0 Å². The lowest BCUT2D eigenvalue weighted by molar-refractivity contribution is 0.0662. The first kappa shape index (κ1) is 13.4. The molecule has 0 spiro atoms. The number of hydrogen-bond acceptors (Lipinski definition) is 2. The first-order valence-electron chi connectivity index (χ1n) is 6.18. The van der Waals surface area contributed by atoms with Gasteiger partial charge in [0, 0.05) is 6.54 Å². The van der Waals surface area contributed by atoms with E-state index in [1.807, 2.05) is 39.8 Å². The highest BCUT2D eigenvalue weighted by molar-refractivity contribution is 6.22. The Hall–Kier alpha value is -1.64. The standard InChI is InChI=1S/C12H13NO2.C2H6/c1-3-8-6-5-7-9-10(8)12(15)13(4-2)11(9)14;1-2/h5-7H,3-4H2,1-2H3;1-2H3. The van der Waals surface area contributed by atoms with E-state index < -0.39 is 0 Å². The van der Waals surface area contributed by atoms with Gasteiger partial charge in [0.2, 0.25) is 0 Å². The van der Waals surface area contributed by atoms with Crippen LogP contribution in [-0.2, 0) is 6.42 Å². The van der Waals surface area contributed by atoms with Gasteiger partial charge in [-0.2, -0.15) is 0 Å². The second kappa shape index (κ2) is 5.62.